The van der Waals surface area contributed by atoms with Gasteiger partial charge < -0.3 is 9.88 Å². The van der Waals surface area contributed by atoms with Crippen LogP contribution in [0.25, 0.3) is 17.1 Å². The van der Waals surface area contributed by atoms with Crippen LogP contribution in [0.15, 0.2) is 37.0 Å². The molecule has 1 heterocycles. The van der Waals surface area contributed by atoms with E-state index in [9.17, 15) is 0 Å². The van der Waals surface area contributed by atoms with Crippen LogP contribution < -0.4 is 5.32 Å². The van der Waals surface area contributed by atoms with Crippen molar-refractivity contribution in [2.45, 2.75) is 32.7 Å². The molecule has 0 spiro atoms. The number of hydrogen-bond acceptors (Lipinski definition) is 1. The third kappa shape index (κ3) is 2.82. The van der Waals surface area contributed by atoms with E-state index < -0.39 is 0 Å². The van der Waals surface area contributed by atoms with Gasteiger partial charge in [0.1, 0.15) is 0 Å². The first-order chi connectivity index (χ1) is 8.51. The molecule has 0 aliphatic carbocycles. The van der Waals surface area contributed by atoms with Crippen LogP contribution in [0.4, 0.5) is 0 Å². The van der Waals surface area contributed by atoms with Crippen LogP contribution >= 0.6 is 0 Å². The summed E-state index contributed by atoms with van der Waals surface area (Å²) in [5, 5.41) is 4.86. The maximum absolute atomic E-state index is 3.83. The second-order valence-corrected chi connectivity index (χ2v) is 5.68. The lowest BCUT2D eigenvalue weighted by molar-refractivity contribution is 0.430. The minimum Gasteiger partial charge on any atom is -0.324 e. The molecule has 1 aromatic heterocycles. The van der Waals surface area contributed by atoms with Gasteiger partial charge in [-0.1, -0.05) is 18.7 Å². The first-order valence-electron chi connectivity index (χ1n) is 6.47. The monoisotopic (exact) mass is 242 g/mol. The SMILES string of the molecule is C=Cn1ccc2c(CCNC(C)(C)C)cccc21. The number of aromatic nitrogens is 1. The summed E-state index contributed by atoms with van der Waals surface area (Å²) in [4.78, 5) is 0. The number of fused-ring (bicyclic) bond motifs is 1. The summed E-state index contributed by atoms with van der Waals surface area (Å²) in [6, 6.07) is 8.63. The highest BCUT2D eigenvalue weighted by molar-refractivity contribution is 5.85. The molecule has 1 N–H and O–H groups in total. The van der Waals surface area contributed by atoms with Crippen LogP contribution in [0.1, 0.15) is 26.3 Å². The molecule has 0 aliphatic rings. The molecule has 96 valence electrons. The summed E-state index contributed by atoms with van der Waals surface area (Å²) >= 11 is 0. The molecule has 0 fully saturated rings. The Morgan fingerprint density at radius 1 is 1.28 bits per heavy atom. The van der Waals surface area contributed by atoms with Gasteiger partial charge >= 0.3 is 0 Å². The summed E-state index contributed by atoms with van der Waals surface area (Å²) in [5.41, 5.74) is 2.81. The fourth-order valence-corrected chi connectivity index (χ4v) is 2.20. The third-order valence-electron chi connectivity index (χ3n) is 3.10. The topological polar surface area (TPSA) is 17.0 Å². The Kier molecular flexibility index (Phi) is 3.58. The van der Waals surface area contributed by atoms with E-state index in [4.69, 9.17) is 0 Å². The smallest absolute Gasteiger partial charge is 0.0524 e. The number of nitrogens with zero attached hydrogens (tertiary/aromatic N) is 1. The first kappa shape index (κ1) is 12.9. The van der Waals surface area contributed by atoms with Gasteiger partial charge in [0.2, 0.25) is 0 Å². The summed E-state index contributed by atoms with van der Waals surface area (Å²) in [6.07, 6.45) is 4.97. The molecule has 2 heteroatoms. The summed E-state index contributed by atoms with van der Waals surface area (Å²) in [7, 11) is 0. The van der Waals surface area contributed by atoms with Crippen molar-refractivity contribution in [3.8, 4) is 0 Å². The molecule has 0 amide bonds. The highest BCUT2D eigenvalue weighted by Gasteiger charge is 2.09. The van der Waals surface area contributed by atoms with Crippen LogP contribution in [-0.4, -0.2) is 16.7 Å². The molecule has 0 bridgehead atoms. The van der Waals surface area contributed by atoms with Gasteiger partial charge in [0.15, 0.2) is 0 Å². The number of rotatable bonds is 4. The lowest BCUT2D eigenvalue weighted by Crippen LogP contribution is -2.37. The Morgan fingerprint density at radius 3 is 2.72 bits per heavy atom. The molecule has 0 aliphatic heterocycles. The fourth-order valence-electron chi connectivity index (χ4n) is 2.20. The second kappa shape index (κ2) is 4.99. The highest BCUT2D eigenvalue weighted by atomic mass is 14.9. The van der Waals surface area contributed by atoms with E-state index in [1.807, 2.05) is 6.20 Å². The van der Waals surface area contributed by atoms with Crippen LogP contribution in [0, 0.1) is 0 Å². The zero-order valence-electron chi connectivity index (χ0n) is 11.5. The van der Waals surface area contributed by atoms with Crippen molar-refractivity contribution in [2.24, 2.45) is 0 Å². The molecule has 0 radical (unpaired) electrons. The highest BCUT2D eigenvalue weighted by Crippen LogP contribution is 2.20. The molecule has 0 unspecified atom stereocenters. The first-order valence-corrected chi connectivity index (χ1v) is 6.47. The van der Waals surface area contributed by atoms with Crippen molar-refractivity contribution in [3.63, 3.8) is 0 Å². The van der Waals surface area contributed by atoms with E-state index in [-0.39, 0.29) is 5.54 Å². The normalized spacial score (nSPS) is 11.9. The third-order valence-corrected chi connectivity index (χ3v) is 3.10. The van der Waals surface area contributed by atoms with Crippen molar-refractivity contribution >= 4 is 17.1 Å². The van der Waals surface area contributed by atoms with Crippen LogP contribution in [0.5, 0.6) is 0 Å². The van der Waals surface area contributed by atoms with E-state index in [1.165, 1.54) is 16.5 Å². The predicted octanol–water partition coefficient (Wildman–Crippen LogP) is 3.67. The van der Waals surface area contributed by atoms with Crippen LogP contribution in [0.2, 0.25) is 0 Å². The lowest BCUT2D eigenvalue weighted by atomic mass is 10.1. The molecular formula is C16H22N2. The number of hydrogen-bond donors (Lipinski definition) is 1. The van der Waals surface area contributed by atoms with E-state index >= 15 is 0 Å². The summed E-state index contributed by atoms with van der Waals surface area (Å²) < 4.78 is 2.07. The molecule has 2 aromatic rings. The largest absolute Gasteiger partial charge is 0.324 e. The number of benzene rings is 1. The quantitative estimate of drug-likeness (QED) is 0.865. The summed E-state index contributed by atoms with van der Waals surface area (Å²) in [5.74, 6) is 0. The Morgan fingerprint density at radius 2 is 2.06 bits per heavy atom. The van der Waals surface area contributed by atoms with Gasteiger partial charge in [-0.2, -0.15) is 0 Å². The molecule has 2 rings (SSSR count). The fraction of sp³-hybridized carbons (Fsp3) is 0.375. The average Bonchev–Trinajstić information content (AvgIpc) is 2.71. The second-order valence-electron chi connectivity index (χ2n) is 5.68. The predicted molar refractivity (Wildman–Crippen MR) is 79.8 cm³/mol. The van der Waals surface area contributed by atoms with Crippen LogP contribution in [0.3, 0.4) is 0 Å². The molecule has 0 saturated heterocycles. The molecule has 0 atom stereocenters. The lowest BCUT2D eigenvalue weighted by Gasteiger charge is -2.20. The Balaban J connectivity index is 2.18. The van der Waals surface area contributed by atoms with Crippen molar-refractivity contribution in [2.75, 3.05) is 6.54 Å². The van der Waals surface area contributed by atoms with Gasteiger partial charge in [0.05, 0.1) is 5.52 Å². The van der Waals surface area contributed by atoms with Gasteiger partial charge in [0, 0.05) is 23.3 Å². The Labute approximate surface area is 109 Å². The summed E-state index contributed by atoms with van der Waals surface area (Å²) in [6.45, 7) is 11.4. The van der Waals surface area contributed by atoms with E-state index in [2.05, 4.69) is 67.7 Å². The van der Waals surface area contributed by atoms with Gasteiger partial charge in [-0.3, -0.25) is 0 Å². The van der Waals surface area contributed by atoms with Gasteiger partial charge in [-0.15, -0.1) is 0 Å². The van der Waals surface area contributed by atoms with Gasteiger partial charge in [-0.05, 0) is 51.4 Å². The number of nitrogens with one attached hydrogen (secondary N) is 1. The molecular weight excluding hydrogens is 220 g/mol. The van der Waals surface area contributed by atoms with E-state index in [0.29, 0.717) is 0 Å². The zero-order valence-corrected chi connectivity index (χ0v) is 11.5. The van der Waals surface area contributed by atoms with Gasteiger partial charge in [-0.25, -0.2) is 0 Å². The molecule has 2 nitrogen and oxygen atoms in total. The molecule has 0 saturated carbocycles. The van der Waals surface area contributed by atoms with Crippen molar-refractivity contribution in [1.82, 2.24) is 9.88 Å². The Bertz CT molecular complexity index is 544. The molecule has 1 aromatic carbocycles. The minimum atomic E-state index is 0.181. The zero-order chi connectivity index (χ0) is 13.2. The van der Waals surface area contributed by atoms with Crippen molar-refractivity contribution in [1.29, 1.82) is 0 Å². The van der Waals surface area contributed by atoms with E-state index in [1.54, 1.807) is 0 Å². The van der Waals surface area contributed by atoms with Crippen molar-refractivity contribution in [3.05, 3.63) is 42.6 Å². The maximum atomic E-state index is 3.83. The maximum Gasteiger partial charge on any atom is 0.0524 e. The van der Waals surface area contributed by atoms with Crippen LogP contribution in [-0.2, 0) is 6.42 Å². The van der Waals surface area contributed by atoms with Crippen molar-refractivity contribution < 1.29 is 0 Å². The van der Waals surface area contributed by atoms with Gasteiger partial charge in [0.25, 0.3) is 0 Å². The Hall–Kier alpha value is -1.54. The average molecular weight is 242 g/mol. The standard InChI is InChI=1S/C16H22N2/c1-5-18-12-10-14-13(7-6-8-15(14)18)9-11-17-16(2,3)4/h5-8,10,12,17H,1,9,11H2,2-4H3. The minimum absolute atomic E-state index is 0.181. The van der Waals surface area contributed by atoms with E-state index in [0.717, 1.165) is 13.0 Å². The molecule has 18 heavy (non-hydrogen) atoms.